The maximum Gasteiger partial charge on any atom is 0.416 e. The third-order valence-electron chi connectivity index (χ3n) is 5.84. The molecule has 0 saturated carbocycles. The van der Waals surface area contributed by atoms with Gasteiger partial charge < -0.3 is 15.4 Å². The summed E-state index contributed by atoms with van der Waals surface area (Å²) in [5.41, 5.74) is 0.0975. The average molecular weight is 413 g/mol. The smallest absolute Gasteiger partial charge is 0.373 e. The number of benzene rings is 1. The first-order valence-corrected chi connectivity index (χ1v) is 10.3. The van der Waals surface area contributed by atoms with Gasteiger partial charge in [0.15, 0.2) is 5.96 Å². The maximum atomic E-state index is 12.9. The highest BCUT2D eigenvalue weighted by Gasteiger charge is 2.32. The summed E-state index contributed by atoms with van der Waals surface area (Å²) in [6, 6.07) is 6.15. The molecule has 2 aliphatic heterocycles. The Morgan fingerprint density at radius 1 is 1.34 bits per heavy atom. The van der Waals surface area contributed by atoms with Crippen molar-refractivity contribution in [3.63, 3.8) is 0 Å². The van der Waals surface area contributed by atoms with Crippen LogP contribution in [-0.4, -0.2) is 62.8 Å². The normalized spacial score (nSPS) is 24.2. The van der Waals surface area contributed by atoms with E-state index in [0.29, 0.717) is 37.1 Å². The van der Waals surface area contributed by atoms with Crippen molar-refractivity contribution in [2.75, 3.05) is 39.8 Å². The van der Waals surface area contributed by atoms with Gasteiger partial charge in [-0.3, -0.25) is 9.89 Å². The van der Waals surface area contributed by atoms with Crippen molar-refractivity contribution in [1.82, 2.24) is 15.5 Å². The van der Waals surface area contributed by atoms with Gasteiger partial charge >= 0.3 is 6.18 Å². The molecule has 1 aromatic rings. The number of morpholine rings is 1. The van der Waals surface area contributed by atoms with E-state index in [0.717, 1.165) is 25.8 Å². The van der Waals surface area contributed by atoms with Crippen LogP contribution in [0, 0.1) is 0 Å². The lowest BCUT2D eigenvalue weighted by atomic mass is 9.96. The fourth-order valence-corrected chi connectivity index (χ4v) is 4.04. The highest BCUT2D eigenvalue weighted by molar-refractivity contribution is 5.79. The molecule has 5 nitrogen and oxygen atoms in total. The van der Waals surface area contributed by atoms with Crippen LogP contribution in [0.1, 0.15) is 43.2 Å². The molecule has 2 heterocycles. The first kappa shape index (κ1) is 21.9. The quantitative estimate of drug-likeness (QED) is 0.556. The highest BCUT2D eigenvalue weighted by atomic mass is 19.4. The van der Waals surface area contributed by atoms with E-state index in [9.17, 15) is 13.2 Å². The number of alkyl halides is 3. The van der Waals surface area contributed by atoms with Crippen LogP contribution in [0.2, 0.25) is 0 Å². The molecule has 0 aromatic heterocycles. The number of nitrogens with zero attached hydrogens (tertiary/aromatic N) is 2. The molecule has 2 fully saturated rings. The number of guanidine groups is 1. The molecule has 3 rings (SSSR count). The molecule has 162 valence electrons. The molecular weight excluding hydrogens is 381 g/mol. The van der Waals surface area contributed by atoms with Gasteiger partial charge in [-0.1, -0.05) is 25.1 Å². The van der Waals surface area contributed by atoms with Gasteiger partial charge in [-0.2, -0.15) is 13.2 Å². The minimum absolute atomic E-state index is 0.0108. The summed E-state index contributed by atoms with van der Waals surface area (Å²) in [5.74, 6) is 0.699. The van der Waals surface area contributed by atoms with Gasteiger partial charge in [0.2, 0.25) is 0 Å². The molecule has 0 bridgehead atoms. The molecule has 2 aliphatic rings. The molecule has 0 aliphatic carbocycles. The molecule has 29 heavy (non-hydrogen) atoms. The Morgan fingerprint density at radius 2 is 2.17 bits per heavy atom. The van der Waals surface area contributed by atoms with Crippen LogP contribution in [0.15, 0.2) is 29.3 Å². The van der Waals surface area contributed by atoms with Crippen molar-refractivity contribution < 1.29 is 17.9 Å². The minimum atomic E-state index is -4.31. The summed E-state index contributed by atoms with van der Waals surface area (Å²) in [7, 11) is 1.71. The second kappa shape index (κ2) is 9.80. The van der Waals surface area contributed by atoms with E-state index in [-0.39, 0.29) is 12.0 Å². The first-order chi connectivity index (χ1) is 13.9. The SMILES string of the molecule is CN=C(NCCC(C)c1cccc(C(F)(F)F)c1)NCC1CN2CCCC2CO1. The van der Waals surface area contributed by atoms with Crippen LogP contribution >= 0.6 is 0 Å². The van der Waals surface area contributed by atoms with Crippen molar-refractivity contribution in [2.24, 2.45) is 4.99 Å². The Balaban J connectivity index is 1.40. The van der Waals surface area contributed by atoms with E-state index in [1.54, 1.807) is 13.1 Å². The molecule has 8 heteroatoms. The summed E-state index contributed by atoms with van der Waals surface area (Å²) in [5, 5.41) is 6.55. The van der Waals surface area contributed by atoms with Crippen LogP contribution < -0.4 is 10.6 Å². The van der Waals surface area contributed by atoms with E-state index in [1.807, 2.05) is 6.92 Å². The Hall–Kier alpha value is -1.80. The van der Waals surface area contributed by atoms with Crippen LogP contribution in [0.3, 0.4) is 0 Å². The van der Waals surface area contributed by atoms with Crippen LogP contribution in [-0.2, 0) is 10.9 Å². The minimum Gasteiger partial charge on any atom is -0.373 e. The number of hydrogen-bond donors (Lipinski definition) is 2. The zero-order valence-electron chi connectivity index (χ0n) is 17.1. The van der Waals surface area contributed by atoms with Crippen molar-refractivity contribution >= 4 is 5.96 Å². The van der Waals surface area contributed by atoms with Crippen molar-refractivity contribution in [2.45, 2.75) is 50.4 Å². The van der Waals surface area contributed by atoms with Gasteiger partial charge in [0, 0.05) is 32.7 Å². The largest absolute Gasteiger partial charge is 0.416 e. The van der Waals surface area contributed by atoms with Gasteiger partial charge in [-0.25, -0.2) is 0 Å². The zero-order chi connectivity index (χ0) is 20.9. The second-order valence-electron chi connectivity index (χ2n) is 7.94. The summed E-state index contributed by atoms with van der Waals surface area (Å²) < 4.78 is 44.6. The Labute approximate surface area is 170 Å². The number of nitrogens with one attached hydrogen (secondary N) is 2. The predicted octanol–water partition coefficient (Wildman–Crippen LogP) is 3.23. The molecule has 3 atom stereocenters. The topological polar surface area (TPSA) is 48.9 Å². The average Bonchev–Trinajstić information content (AvgIpc) is 3.17. The van der Waals surface area contributed by atoms with E-state index in [1.165, 1.54) is 25.0 Å². The van der Waals surface area contributed by atoms with Crippen molar-refractivity contribution in [1.29, 1.82) is 0 Å². The molecular formula is C21H31F3N4O. The molecule has 1 aromatic carbocycles. The third kappa shape index (κ3) is 6.09. The molecule has 0 spiro atoms. The van der Waals surface area contributed by atoms with E-state index < -0.39 is 11.7 Å². The van der Waals surface area contributed by atoms with E-state index in [4.69, 9.17) is 4.74 Å². The van der Waals surface area contributed by atoms with Gasteiger partial charge in [-0.15, -0.1) is 0 Å². The van der Waals surface area contributed by atoms with Gasteiger partial charge in [0.05, 0.1) is 18.3 Å². The first-order valence-electron chi connectivity index (χ1n) is 10.3. The van der Waals surface area contributed by atoms with Crippen molar-refractivity contribution in [3.05, 3.63) is 35.4 Å². The molecule has 2 N–H and O–H groups in total. The van der Waals surface area contributed by atoms with Gasteiger partial charge in [0.1, 0.15) is 0 Å². The zero-order valence-corrected chi connectivity index (χ0v) is 17.1. The predicted molar refractivity (Wildman–Crippen MR) is 108 cm³/mol. The van der Waals surface area contributed by atoms with Crippen LogP contribution in [0.4, 0.5) is 13.2 Å². The lowest BCUT2D eigenvalue weighted by molar-refractivity contribution is -0.137. The van der Waals surface area contributed by atoms with Crippen LogP contribution in [0.25, 0.3) is 0 Å². The van der Waals surface area contributed by atoms with E-state index in [2.05, 4.69) is 20.5 Å². The van der Waals surface area contributed by atoms with Gasteiger partial charge in [-0.05, 0) is 43.4 Å². The summed E-state index contributed by atoms with van der Waals surface area (Å²) in [6.07, 6.45) is -0.977. The molecule has 3 unspecified atom stereocenters. The number of aliphatic imine (C=N–C) groups is 1. The fraction of sp³-hybridized carbons (Fsp3) is 0.667. The lowest BCUT2D eigenvalue weighted by Crippen LogP contribution is -2.51. The number of fused-ring (bicyclic) bond motifs is 1. The fourth-order valence-electron chi connectivity index (χ4n) is 4.04. The monoisotopic (exact) mass is 412 g/mol. The number of hydrogen-bond acceptors (Lipinski definition) is 3. The molecule has 2 saturated heterocycles. The Kier molecular flexibility index (Phi) is 7.40. The highest BCUT2D eigenvalue weighted by Crippen LogP contribution is 2.31. The van der Waals surface area contributed by atoms with Crippen LogP contribution in [0.5, 0.6) is 0 Å². The maximum absolute atomic E-state index is 12.9. The van der Waals surface area contributed by atoms with E-state index >= 15 is 0 Å². The summed E-state index contributed by atoms with van der Waals surface area (Å²) in [6.45, 7) is 6.15. The molecule has 0 amide bonds. The van der Waals surface area contributed by atoms with Crippen molar-refractivity contribution in [3.8, 4) is 0 Å². The summed E-state index contributed by atoms with van der Waals surface area (Å²) >= 11 is 0. The number of ether oxygens (including phenoxy) is 1. The van der Waals surface area contributed by atoms with Gasteiger partial charge in [0.25, 0.3) is 0 Å². The standard InChI is InChI=1S/C21H31F3N4O/c1-15(16-5-3-6-17(11-16)21(22,23)24)8-9-26-20(25-2)27-12-19-13-28-10-4-7-18(28)14-29-19/h3,5-6,11,15,18-19H,4,7-10,12-14H2,1-2H3,(H2,25,26,27). The number of halogens is 3. The Morgan fingerprint density at radius 3 is 2.93 bits per heavy atom. The Bertz CT molecular complexity index is 695. The second-order valence-corrected chi connectivity index (χ2v) is 7.94. The third-order valence-corrected chi connectivity index (χ3v) is 5.84. The molecule has 0 radical (unpaired) electrons. The summed E-state index contributed by atoms with van der Waals surface area (Å²) in [4.78, 5) is 6.73. The number of rotatable bonds is 6. The lowest BCUT2D eigenvalue weighted by Gasteiger charge is -2.35.